The molecule has 5 nitrogen and oxygen atoms in total. The van der Waals surface area contributed by atoms with Gasteiger partial charge in [-0.1, -0.05) is 17.7 Å². The largest absolute Gasteiger partial charge is 0.481 e. The number of hydrogen-bond donors (Lipinski definition) is 2. The van der Waals surface area contributed by atoms with E-state index in [1.54, 1.807) is 7.05 Å². The number of urea groups is 1. The first-order valence-electron chi connectivity index (χ1n) is 5.55. The zero-order chi connectivity index (χ0) is 14.4. The number of halogens is 2. The van der Waals surface area contributed by atoms with Crippen LogP contribution in [-0.4, -0.2) is 35.6 Å². The maximum Gasteiger partial charge on any atom is 0.317 e. The lowest BCUT2D eigenvalue weighted by Crippen LogP contribution is -2.38. The highest BCUT2D eigenvalue weighted by Crippen LogP contribution is 2.18. The quantitative estimate of drug-likeness (QED) is 0.752. The van der Waals surface area contributed by atoms with Crippen molar-refractivity contribution < 1.29 is 14.7 Å². The van der Waals surface area contributed by atoms with Crippen LogP contribution in [0.1, 0.15) is 12.0 Å². The standard InChI is InChI=1S/C12H14ClIN2O3/c1-16(5-4-11(17)18)12(19)15-7-8-2-3-9(14)6-10(8)13/h2-3,6H,4-5,7H2,1H3,(H,15,19)(H,17,18). The fourth-order valence-electron chi connectivity index (χ4n) is 1.34. The summed E-state index contributed by atoms with van der Waals surface area (Å²) in [5.74, 6) is -0.930. The number of carboxylic acid groups (broad SMARTS) is 1. The van der Waals surface area contributed by atoms with E-state index >= 15 is 0 Å². The average molecular weight is 397 g/mol. The molecular weight excluding hydrogens is 382 g/mol. The van der Waals surface area contributed by atoms with E-state index < -0.39 is 5.97 Å². The molecule has 7 heteroatoms. The van der Waals surface area contributed by atoms with Crippen molar-refractivity contribution in [1.29, 1.82) is 0 Å². The number of carbonyl (C=O) groups excluding carboxylic acids is 1. The van der Waals surface area contributed by atoms with Crippen molar-refractivity contribution in [2.45, 2.75) is 13.0 Å². The minimum absolute atomic E-state index is 0.0752. The van der Waals surface area contributed by atoms with Crippen LogP contribution in [0, 0.1) is 3.57 Å². The molecule has 19 heavy (non-hydrogen) atoms. The van der Waals surface area contributed by atoms with Gasteiger partial charge in [0.15, 0.2) is 0 Å². The number of hydrogen-bond acceptors (Lipinski definition) is 2. The molecule has 0 atom stereocenters. The summed E-state index contributed by atoms with van der Waals surface area (Å²) in [6.07, 6.45) is -0.0752. The Morgan fingerprint density at radius 3 is 2.74 bits per heavy atom. The number of nitrogens with zero attached hydrogens (tertiary/aromatic N) is 1. The summed E-state index contributed by atoms with van der Waals surface area (Å²) in [5.41, 5.74) is 0.821. The average Bonchev–Trinajstić information content (AvgIpc) is 2.34. The molecule has 0 spiro atoms. The van der Waals surface area contributed by atoms with E-state index in [2.05, 4.69) is 27.9 Å². The van der Waals surface area contributed by atoms with Gasteiger partial charge in [0.1, 0.15) is 0 Å². The lowest BCUT2D eigenvalue weighted by molar-refractivity contribution is -0.137. The van der Waals surface area contributed by atoms with Gasteiger partial charge in [-0.2, -0.15) is 0 Å². The Kier molecular flexibility index (Phi) is 6.36. The second-order valence-corrected chi connectivity index (χ2v) is 5.61. The lowest BCUT2D eigenvalue weighted by Gasteiger charge is -2.17. The summed E-state index contributed by atoms with van der Waals surface area (Å²) in [6, 6.07) is 5.25. The smallest absolute Gasteiger partial charge is 0.317 e. The summed E-state index contributed by atoms with van der Waals surface area (Å²) < 4.78 is 1.02. The maximum atomic E-state index is 11.7. The van der Waals surface area contributed by atoms with Crippen molar-refractivity contribution in [3.63, 3.8) is 0 Å². The fourth-order valence-corrected chi connectivity index (χ4v) is 2.26. The topological polar surface area (TPSA) is 69.6 Å². The number of amides is 2. The van der Waals surface area contributed by atoms with E-state index in [4.69, 9.17) is 16.7 Å². The molecule has 0 radical (unpaired) electrons. The van der Waals surface area contributed by atoms with Crippen LogP contribution in [0.25, 0.3) is 0 Å². The van der Waals surface area contributed by atoms with Crippen LogP contribution in [0.4, 0.5) is 4.79 Å². The molecule has 0 unspecified atom stereocenters. The molecule has 1 aromatic rings. The Hall–Kier alpha value is -1.02. The van der Waals surface area contributed by atoms with Gasteiger partial charge in [-0.15, -0.1) is 0 Å². The third-order valence-electron chi connectivity index (χ3n) is 2.45. The molecule has 0 heterocycles. The number of benzene rings is 1. The summed E-state index contributed by atoms with van der Waals surface area (Å²) in [5, 5.41) is 11.8. The number of nitrogens with one attached hydrogen (secondary N) is 1. The fraction of sp³-hybridized carbons (Fsp3) is 0.333. The van der Waals surface area contributed by atoms with Crippen LogP contribution < -0.4 is 5.32 Å². The van der Waals surface area contributed by atoms with Crippen molar-refractivity contribution in [2.24, 2.45) is 0 Å². The second-order valence-electron chi connectivity index (χ2n) is 3.96. The van der Waals surface area contributed by atoms with Crippen molar-refractivity contribution >= 4 is 46.2 Å². The van der Waals surface area contributed by atoms with Crippen molar-refractivity contribution in [2.75, 3.05) is 13.6 Å². The van der Waals surface area contributed by atoms with Crippen LogP contribution in [0.15, 0.2) is 18.2 Å². The van der Waals surface area contributed by atoms with Crippen molar-refractivity contribution in [3.8, 4) is 0 Å². The Morgan fingerprint density at radius 2 is 2.16 bits per heavy atom. The molecule has 2 amide bonds. The SMILES string of the molecule is CN(CCC(=O)O)C(=O)NCc1ccc(I)cc1Cl. The van der Waals surface area contributed by atoms with Gasteiger partial charge in [0.05, 0.1) is 6.42 Å². The van der Waals surface area contributed by atoms with Crippen molar-refractivity contribution in [1.82, 2.24) is 10.2 Å². The molecule has 1 rings (SSSR count). The predicted octanol–water partition coefficient (Wildman–Crippen LogP) is 2.56. The van der Waals surface area contributed by atoms with Gasteiger partial charge in [-0.05, 0) is 40.3 Å². The zero-order valence-electron chi connectivity index (χ0n) is 10.3. The molecule has 0 fully saturated rings. The highest BCUT2D eigenvalue weighted by molar-refractivity contribution is 14.1. The van der Waals surface area contributed by atoms with Crippen LogP contribution in [0.2, 0.25) is 5.02 Å². The summed E-state index contributed by atoms with van der Waals surface area (Å²) in [4.78, 5) is 23.4. The Bertz CT molecular complexity index is 482. The minimum Gasteiger partial charge on any atom is -0.481 e. The van der Waals surface area contributed by atoms with Gasteiger partial charge in [0, 0.05) is 28.7 Å². The molecular formula is C12H14ClIN2O3. The number of carboxylic acids is 1. The van der Waals surface area contributed by atoms with E-state index in [1.165, 1.54) is 4.90 Å². The second kappa shape index (κ2) is 7.54. The van der Waals surface area contributed by atoms with Crippen LogP contribution in [-0.2, 0) is 11.3 Å². The van der Waals surface area contributed by atoms with E-state index in [0.717, 1.165) is 9.13 Å². The Labute approximate surface area is 130 Å². The molecule has 0 aliphatic heterocycles. The molecule has 0 aliphatic carbocycles. The number of carbonyl (C=O) groups is 2. The van der Waals surface area contributed by atoms with Gasteiger partial charge in [0.25, 0.3) is 0 Å². The molecule has 0 aliphatic rings. The summed E-state index contributed by atoms with van der Waals surface area (Å²) in [6.45, 7) is 0.480. The normalized spacial score (nSPS) is 10.1. The summed E-state index contributed by atoms with van der Waals surface area (Å²) >= 11 is 8.20. The van der Waals surface area contributed by atoms with E-state index in [9.17, 15) is 9.59 Å². The predicted molar refractivity (Wildman–Crippen MR) is 81.3 cm³/mol. The molecule has 2 N–H and O–H groups in total. The lowest BCUT2D eigenvalue weighted by atomic mass is 10.2. The molecule has 1 aromatic carbocycles. The van der Waals surface area contributed by atoms with Crippen LogP contribution in [0.3, 0.4) is 0 Å². The molecule has 0 saturated heterocycles. The van der Waals surface area contributed by atoms with E-state index in [-0.39, 0.29) is 19.0 Å². The van der Waals surface area contributed by atoms with Gasteiger partial charge in [0.2, 0.25) is 0 Å². The third kappa shape index (κ3) is 5.65. The Morgan fingerprint density at radius 1 is 1.47 bits per heavy atom. The summed E-state index contributed by atoms with van der Waals surface area (Å²) in [7, 11) is 1.55. The van der Waals surface area contributed by atoms with Gasteiger partial charge in [-0.3, -0.25) is 4.79 Å². The van der Waals surface area contributed by atoms with Gasteiger partial charge >= 0.3 is 12.0 Å². The first kappa shape index (κ1) is 16.0. The molecule has 0 aromatic heterocycles. The first-order chi connectivity index (χ1) is 8.90. The van der Waals surface area contributed by atoms with E-state index in [1.807, 2.05) is 18.2 Å². The number of rotatable bonds is 5. The van der Waals surface area contributed by atoms with Gasteiger partial charge in [-0.25, -0.2) is 4.79 Å². The van der Waals surface area contributed by atoms with Crippen LogP contribution >= 0.6 is 34.2 Å². The molecule has 0 saturated carbocycles. The Balaban J connectivity index is 2.47. The maximum absolute atomic E-state index is 11.7. The number of aliphatic carboxylic acids is 1. The van der Waals surface area contributed by atoms with Gasteiger partial charge < -0.3 is 15.3 Å². The third-order valence-corrected chi connectivity index (χ3v) is 3.48. The molecule has 104 valence electrons. The monoisotopic (exact) mass is 396 g/mol. The minimum atomic E-state index is -0.930. The van der Waals surface area contributed by atoms with Crippen molar-refractivity contribution in [3.05, 3.63) is 32.4 Å². The van der Waals surface area contributed by atoms with Crippen LogP contribution in [0.5, 0.6) is 0 Å². The first-order valence-corrected chi connectivity index (χ1v) is 7.00. The highest BCUT2D eigenvalue weighted by atomic mass is 127. The van der Waals surface area contributed by atoms with E-state index in [0.29, 0.717) is 11.6 Å². The zero-order valence-corrected chi connectivity index (χ0v) is 13.2. The molecule has 0 bridgehead atoms. The highest BCUT2D eigenvalue weighted by Gasteiger charge is 2.10.